The number of hydrogen-bond acceptors (Lipinski definition) is 2. The van der Waals surface area contributed by atoms with Crippen molar-refractivity contribution in [2.45, 2.75) is 18.8 Å². The number of halogens is 2. The van der Waals surface area contributed by atoms with Crippen LogP contribution >= 0.6 is 23.2 Å². The number of rotatable bonds is 1. The molecular formula is C12H10Cl2O2. The van der Waals surface area contributed by atoms with Crippen LogP contribution in [0, 0.1) is 0 Å². The summed E-state index contributed by atoms with van der Waals surface area (Å²) in [6, 6.07) is 5.30. The van der Waals surface area contributed by atoms with Crippen LogP contribution in [0.5, 0.6) is 0 Å². The molecule has 1 N–H and O–H groups in total. The van der Waals surface area contributed by atoms with Crippen LogP contribution in [0.1, 0.15) is 24.3 Å². The molecule has 0 aromatic heterocycles. The van der Waals surface area contributed by atoms with Gasteiger partial charge in [-0.15, -0.1) is 0 Å². The van der Waals surface area contributed by atoms with Gasteiger partial charge in [0, 0.05) is 18.9 Å². The van der Waals surface area contributed by atoms with Gasteiger partial charge in [0.2, 0.25) is 0 Å². The zero-order valence-corrected chi connectivity index (χ0v) is 9.92. The van der Waals surface area contributed by atoms with Crippen LogP contribution in [0.4, 0.5) is 0 Å². The molecule has 1 aromatic carbocycles. The second-order valence-electron chi connectivity index (χ2n) is 3.88. The van der Waals surface area contributed by atoms with Crippen molar-refractivity contribution in [1.29, 1.82) is 0 Å². The largest absolute Gasteiger partial charge is 0.512 e. The van der Waals surface area contributed by atoms with E-state index in [1.807, 2.05) is 6.07 Å². The number of allylic oxidation sites excluding steroid dienone is 2. The van der Waals surface area contributed by atoms with Crippen LogP contribution in [0.3, 0.4) is 0 Å². The van der Waals surface area contributed by atoms with Crippen LogP contribution < -0.4 is 0 Å². The van der Waals surface area contributed by atoms with Crippen LogP contribution in [-0.2, 0) is 4.79 Å². The quantitative estimate of drug-likeness (QED) is 0.828. The zero-order valence-electron chi connectivity index (χ0n) is 8.41. The SMILES string of the molecule is O=C1C=C(O)C[C@@H](c2ccc(Cl)c(Cl)c2)C1. The van der Waals surface area contributed by atoms with Gasteiger partial charge < -0.3 is 5.11 Å². The van der Waals surface area contributed by atoms with Gasteiger partial charge in [-0.2, -0.15) is 0 Å². The number of ketones is 1. The Kier molecular flexibility index (Phi) is 3.22. The average molecular weight is 257 g/mol. The lowest BCUT2D eigenvalue weighted by Crippen LogP contribution is -2.12. The van der Waals surface area contributed by atoms with Gasteiger partial charge in [-0.05, 0) is 23.6 Å². The van der Waals surface area contributed by atoms with Crippen molar-refractivity contribution >= 4 is 29.0 Å². The van der Waals surface area contributed by atoms with E-state index in [1.54, 1.807) is 12.1 Å². The highest BCUT2D eigenvalue weighted by Gasteiger charge is 2.22. The van der Waals surface area contributed by atoms with E-state index in [2.05, 4.69) is 0 Å². The third-order valence-corrected chi connectivity index (χ3v) is 3.38. The van der Waals surface area contributed by atoms with E-state index < -0.39 is 0 Å². The van der Waals surface area contributed by atoms with E-state index >= 15 is 0 Å². The Labute approximate surface area is 103 Å². The molecule has 0 fully saturated rings. The molecule has 0 aliphatic heterocycles. The van der Waals surface area contributed by atoms with E-state index in [4.69, 9.17) is 23.2 Å². The van der Waals surface area contributed by atoms with Crippen molar-refractivity contribution < 1.29 is 9.90 Å². The molecule has 0 spiro atoms. The molecule has 2 nitrogen and oxygen atoms in total. The molecule has 1 atom stereocenters. The summed E-state index contributed by atoms with van der Waals surface area (Å²) in [5, 5.41) is 10.4. The molecule has 4 heteroatoms. The van der Waals surface area contributed by atoms with E-state index in [0.717, 1.165) is 5.56 Å². The van der Waals surface area contributed by atoms with E-state index in [9.17, 15) is 9.90 Å². The monoisotopic (exact) mass is 256 g/mol. The van der Waals surface area contributed by atoms with Crippen molar-refractivity contribution in [2.75, 3.05) is 0 Å². The Bertz CT molecular complexity index is 466. The minimum atomic E-state index is -0.0557. The van der Waals surface area contributed by atoms with Crippen LogP contribution in [0.2, 0.25) is 10.0 Å². The standard InChI is InChI=1S/C12H10Cl2O2/c13-11-2-1-7(5-12(11)14)8-3-9(15)6-10(16)4-8/h1-2,5-6,8,15H,3-4H2/t8-/m1/s1. The van der Waals surface area contributed by atoms with Crippen molar-refractivity contribution in [3.05, 3.63) is 45.6 Å². The number of carbonyl (C=O) groups excluding carboxylic acids is 1. The van der Waals surface area contributed by atoms with Crippen LogP contribution in [0.25, 0.3) is 0 Å². The lowest BCUT2D eigenvalue weighted by molar-refractivity contribution is -0.115. The van der Waals surface area contributed by atoms with Gasteiger partial charge in [0.15, 0.2) is 5.78 Å². The smallest absolute Gasteiger partial charge is 0.159 e. The Morgan fingerprint density at radius 2 is 1.94 bits per heavy atom. The Morgan fingerprint density at radius 3 is 2.56 bits per heavy atom. The number of aliphatic hydroxyl groups excluding tert-OH is 1. The molecule has 0 bridgehead atoms. The van der Waals surface area contributed by atoms with Gasteiger partial charge in [-0.3, -0.25) is 4.79 Å². The van der Waals surface area contributed by atoms with Crippen LogP contribution in [0.15, 0.2) is 30.0 Å². The van der Waals surface area contributed by atoms with Crippen LogP contribution in [-0.4, -0.2) is 10.9 Å². The molecule has 16 heavy (non-hydrogen) atoms. The molecule has 1 aliphatic carbocycles. The second kappa shape index (κ2) is 4.48. The number of hydrogen-bond donors (Lipinski definition) is 1. The molecule has 1 aromatic rings. The summed E-state index contributed by atoms with van der Waals surface area (Å²) < 4.78 is 0. The molecule has 0 saturated heterocycles. The number of carbonyl (C=O) groups is 1. The number of benzene rings is 1. The summed E-state index contributed by atoms with van der Waals surface area (Å²) in [6.07, 6.45) is 2.17. The first-order valence-electron chi connectivity index (χ1n) is 4.93. The molecule has 0 saturated carbocycles. The first-order valence-corrected chi connectivity index (χ1v) is 5.69. The fourth-order valence-electron chi connectivity index (χ4n) is 1.87. The maximum Gasteiger partial charge on any atom is 0.159 e. The highest BCUT2D eigenvalue weighted by Crippen LogP contribution is 2.33. The maximum atomic E-state index is 11.3. The topological polar surface area (TPSA) is 37.3 Å². The summed E-state index contributed by atoms with van der Waals surface area (Å²) in [7, 11) is 0. The highest BCUT2D eigenvalue weighted by molar-refractivity contribution is 6.42. The van der Waals surface area contributed by atoms with Crippen molar-refractivity contribution in [2.24, 2.45) is 0 Å². The fourth-order valence-corrected chi connectivity index (χ4v) is 2.18. The predicted molar refractivity (Wildman–Crippen MR) is 64.2 cm³/mol. The second-order valence-corrected chi connectivity index (χ2v) is 4.70. The van der Waals surface area contributed by atoms with Crippen molar-refractivity contribution in [3.8, 4) is 0 Å². The summed E-state index contributed by atoms with van der Waals surface area (Å²) in [4.78, 5) is 11.3. The van der Waals surface area contributed by atoms with Gasteiger partial charge in [-0.1, -0.05) is 29.3 Å². The Hall–Kier alpha value is -0.990. The van der Waals surface area contributed by atoms with E-state index in [0.29, 0.717) is 22.9 Å². The maximum absolute atomic E-state index is 11.3. The normalized spacial score (nSPS) is 20.8. The Balaban J connectivity index is 2.28. The van der Waals surface area contributed by atoms with Crippen molar-refractivity contribution in [1.82, 2.24) is 0 Å². The van der Waals surface area contributed by atoms with Gasteiger partial charge in [-0.25, -0.2) is 0 Å². The lowest BCUT2D eigenvalue weighted by atomic mass is 9.86. The van der Waals surface area contributed by atoms with E-state index in [1.165, 1.54) is 6.08 Å². The molecule has 0 amide bonds. The fraction of sp³-hybridized carbons (Fsp3) is 0.250. The molecule has 2 rings (SSSR count). The molecular weight excluding hydrogens is 247 g/mol. The van der Waals surface area contributed by atoms with Crippen molar-refractivity contribution in [3.63, 3.8) is 0 Å². The summed E-state index contributed by atoms with van der Waals surface area (Å²) in [5.41, 5.74) is 0.933. The van der Waals surface area contributed by atoms with Gasteiger partial charge in [0.25, 0.3) is 0 Å². The summed E-state index contributed by atoms with van der Waals surface area (Å²) >= 11 is 11.7. The minimum Gasteiger partial charge on any atom is -0.512 e. The summed E-state index contributed by atoms with van der Waals surface area (Å²) in [5.74, 6) is 0.0689. The molecule has 0 unspecified atom stereocenters. The average Bonchev–Trinajstić information content (AvgIpc) is 2.20. The highest BCUT2D eigenvalue weighted by atomic mass is 35.5. The third-order valence-electron chi connectivity index (χ3n) is 2.65. The van der Waals surface area contributed by atoms with Gasteiger partial charge in [0.1, 0.15) is 0 Å². The van der Waals surface area contributed by atoms with Gasteiger partial charge in [0.05, 0.1) is 15.8 Å². The van der Waals surface area contributed by atoms with Gasteiger partial charge >= 0.3 is 0 Å². The summed E-state index contributed by atoms with van der Waals surface area (Å²) in [6.45, 7) is 0. The Morgan fingerprint density at radius 1 is 1.19 bits per heavy atom. The lowest BCUT2D eigenvalue weighted by Gasteiger charge is -2.19. The molecule has 84 valence electrons. The third kappa shape index (κ3) is 2.39. The predicted octanol–water partition coefficient (Wildman–Crippen LogP) is 3.88. The number of aliphatic hydroxyl groups is 1. The minimum absolute atomic E-state index is 0.00716. The van der Waals surface area contributed by atoms with E-state index in [-0.39, 0.29) is 17.5 Å². The first kappa shape index (κ1) is 11.5. The zero-order chi connectivity index (χ0) is 11.7. The first-order chi connectivity index (χ1) is 7.56. The molecule has 1 aliphatic rings. The molecule has 0 heterocycles. The molecule has 0 radical (unpaired) electrons.